The van der Waals surface area contributed by atoms with Gasteiger partial charge in [0.1, 0.15) is 5.82 Å². The number of rotatable bonds is 7. The van der Waals surface area contributed by atoms with E-state index in [2.05, 4.69) is 22.8 Å². The Morgan fingerprint density at radius 3 is 2.83 bits per heavy atom. The number of halogens is 1. The molecule has 1 heterocycles. The standard InChI is InChI=1S/C17H24FN3OS/c1-2-3-6-16(13-7-9-14(18)10-8-13)20-21-17(23)19-12-15-5-4-11-22-15/h7-10,15H,2-6,11-12H2,1H3,(H2,19,21,23)/b20-16-/t15-/m1/s1. The Kier molecular flexibility index (Phi) is 7.42. The van der Waals surface area contributed by atoms with Crippen LogP contribution in [0.3, 0.4) is 0 Å². The minimum absolute atomic E-state index is 0.232. The van der Waals surface area contributed by atoms with Crippen LogP contribution in [0.5, 0.6) is 0 Å². The summed E-state index contributed by atoms with van der Waals surface area (Å²) in [6, 6.07) is 6.39. The second-order valence-corrected chi connectivity index (χ2v) is 6.03. The molecule has 6 heteroatoms. The first-order chi connectivity index (χ1) is 11.2. The van der Waals surface area contributed by atoms with Gasteiger partial charge in [-0.1, -0.05) is 25.5 Å². The summed E-state index contributed by atoms with van der Waals surface area (Å²) in [5.74, 6) is -0.245. The summed E-state index contributed by atoms with van der Waals surface area (Å²) in [4.78, 5) is 0. The van der Waals surface area contributed by atoms with Gasteiger partial charge in [0.2, 0.25) is 0 Å². The van der Waals surface area contributed by atoms with Crippen LogP contribution < -0.4 is 10.7 Å². The third-order valence-corrected chi connectivity index (χ3v) is 3.99. The van der Waals surface area contributed by atoms with Crippen LogP contribution in [-0.4, -0.2) is 30.1 Å². The fourth-order valence-electron chi connectivity index (χ4n) is 2.42. The van der Waals surface area contributed by atoms with Crippen LogP contribution in [0.4, 0.5) is 4.39 Å². The predicted octanol–water partition coefficient (Wildman–Crippen LogP) is 3.36. The molecule has 1 atom stereocenters. The molecule has 0 unspecified atom stereocenters. The zero-order valence-electron chi connectivity index (χ0n) is 13.5. The summed E-state index contributed by atoms with van der Waals surface area (Å²) in [7, 11) is 0. The van der Waals surface area contributed by atoms with E-state index in [1.807, 2.05) is 0 Å². The largest absolute Gasteiger partial charge is 0.376 e. The highest BCUT2D eigenvalue weighted by molar-refractivity contribution is 7.80. The average molecular weight is 337 g/mol. The van der Waals surface area contributed by atoms with E-state index in [4.69, 9.17) is 17.0 Å². The van der Waals surface area contributed by atoms with E-state index in [-0.39, 0.29) is 11.9 Å². The van der Waals surface area contributed by atoms with Crippen LogP contribution in [0.2, 0.25) is 0 Å². The Hall–Kier alpha value is -1.53. The van der Waals surface area contributed by atoms with Crippen molar-refractivity contribution in [2.45, 2.75) is 45.1 Å². The van der Waals surface area contributed by atoms with Gasteiger partial charge in [-0.25, -0.2) is 4.39 Å². The number of unbranched alkanes of at least 4 members (excludes halogenated alkanes) is 1. The molecular formula is C17H24FN3OS. The molecule has 0 radical (unpaired) electrons. The minimum Gasteiger partial charge on any atom is -0.376 e. The molecule has 0 spiro atoms. The van der Waals surface area contributed by atoms with E-state index in [1.54, 1.807) is 12.1 Å². The molecule has 4 nitrogen and oxygen atoms in total. The number of hydrazone groups is 1. The molecule has 2 N–H and O–H groups in total. The lowest BCUT2D eigenvalue weighted by Gasteiger charge is -2.13. The van der Waals surface area contributed by atoms with Crippen molar-refractivity contribution in [2.24, 2.45) is 5.10 Å². The molecule has 1 aromatic carbocycles. The van der Waals surface area contributed by atoms with Crippen molar-refractivity contribution in [1.82, 2.24) is 10.7 Å². The Balaban J connectivity index is 1.90. The van der Waals surface area contributed by atoms with Crippen molar-refractivity contribution >= 4 is 23.0 Å². The number of hydrogen-bond acceptors (Lipinski definition) is 3. The molecule has 0 aliphatic carbocycles. The van der Waals surface area contributed by atoms with Crippen molar-refractivity contribution in [3.05, 3.63) is 35.6 Å². The molecule has 2 rings (SSSR count). The highest BCUT2D eigenvalue weighted by Crippen LogP contribution is 2.11. The van der Waals surface area contributed by atoms with Crippen molar-refractivity contribution in [1.29, 1.82) is 0 Å². The third-order valence-electron chi connectivity index (χ3n) is 3.75. The molecule has 0 saturated carbocycles. The van der Waals surface area contributed by atoms with Gasteiger partial charge in [-0.05, 0) is 55.6 Å². The lowest BCUT2D eigenvalue weighted by molar-refractivity contribution is 0.114. The van der Waals surface area contributed by atoms with Gasteiger partial charge in [-0.3, -0.25) is 5.43 Å². The first-order valence-electron chi connectivity index (χ1n) is 8.17. The van der Waals surface area contributed by atoms with E-state index >= 15 is 0 Å². The number of nitrogens with one attached hydrogen (secondary N) is 2. The zero-order chi connectivity index (χ0) is 16.5. The van der Waals surface area contributed by atoms with E-state index in [0.717, 1.165) is 50.0 Å². The van der Waals surface area contributed by atoms with Crippen LogP contribution >= 0.6 is 12.2 Å². The first-order valence-corrected chi connectivity index (χ1v) is 8.58. The summed E-state index contributed by atoms with van der Waals surface area (Å²) < 4.78 is 18.6. The summed E-state index contributed by atoms with van der Waals surface area (Å²) >= 11 is 5.25. The second kappa shape index (κ2) is 9.57. The van der Waals surface area contributed by atoms with Crippen LogP contribution in [0.15, 0.2) is 29.4 Å². The average Bonchev–Trinajstić information content (AvgIpc) is 3.07. The van der Waals surface area contributed by atoms with Gasteiger partial charge in [0.15, 0.2) is 5.11 Å². The monoisotopic (exact) mass is 337 g/mol. The lowest BCUT2D eigenvalue weighted by Crippen LogP contribution is -2.37. The van der Waals surface area contributed by atoms with E-state index in [1.165, 1.54) is 12.1 Å². The highest BCUT2D eigenvalue weighted by atomic mass is 32.1. The Morgan fingerprint density at radius 1 is 1.39 bits per heavy atom. The lowest BCUT2D eigenvalue weighted by atomic mass is 10.1. The Labute approximate surface area is 142 Å². The van der Waals surface area contributed by atoms with Crippen molar-refractivity contribution < 1.29 is 9.13 Å². The van der Waals surface area contributed by atoms with Gasteiger partial charge >= 0.3 is 0 Å². The van der Waals surface area contributed by atoms with Gasteiger partial charge in [-0.2, -0.15) is 5.10 Å². The molecule has 1 saturated heterocycles. The van der Waals surface area contributed by atoms with E-state index in [9.17, 15) is 4.39 Å². The number of benzene rings is 1. The maximum atomic E-state index is 13.1. The van der Waals surface area contributed by atoms with Gasteiger partial charge in [0.05, 0.1) is 11.8 Å². The van der Waals surface area contributed by atoms with E-state index < -0.39 is 0 Å². The van der Waals surface area contributed by atoms with Crippen LogP contribution in [0.1, 0.15) is 44.6 Å². The number of ether oxygens (including phenoxy) is 1. The molecule has 0 amide bonds. The molecule has 1 aliphatic rings. The van der Waals surface area contributed by atoms with Gasteiger partial charge in [-0.15, -0.1) is 0 Å². The van der Waals surface area contributed by atoms with E-state index in [0.29, 0.717) is 11.7 Å². The normalized spacial score (nSPS) is 18.0. The predicted molar refractivity (Wildman–Crippen MR) is 95.2 cm³/mol. The number of thiocarbonyl (C=S) groups is 1. The third kappa shape index (κ3) is 6.23. The van der Waals surface area contributed by atoms with Crippen molar-refractivity contribution in [3.8, 4) is 0 Å². The molecule has 0 bridgehead atoms. The second-order valence-electron chi connectivity index (χ2n) is 5.63. The summed E-state index contributed by atoms with van der Waals surface area (Å²) in [6.07, 6.45) is 5.32. The molecule has 1 aliphatic heterocycles. The SMILES string of the molecule is CCCC/C(=N/NC(=S)NC[C@H]1CCCO1)c1ccc(F)cc1. The molecule has 1 aromatic rings. The summed E-state index contributed by atoms with van der Waals surface area (Å²) in [6.45, 7) is 3.65. The summed E-state index contributed by atoms with van der Waals surface area (Å²) in [5.41, 5.74) is 4.68. The maximum absolute atomic E-state index is 13.1. The van der Waals surface area contributed by atoms with Crippen molar-refractivity contribution in [3.63, 3.8) is 0 Å². The fourth-order valence-corrected chi connectivity index (χ4v) is 2.55. The zero-order valence-corrected chi connectivity index (χ0v) is 14.3. The van der Waals surface area contributed by atoms with Crippen LogP contribution in [0, 0.1) is 5.82 Å². The molecule has 23 heavy (non-hydrogen) atoms. The number of hydrogen-bond donors (Lipinski definition) is 2. The fraction of sp³-hybridized carbons (Fsp3) is 0.529. The van der Waals surface area contributed by atoms with Crippen LogP contribution in [0.25, 0.3) is 0 Å². The topological polar surface area (TPSA) is 45.7 Å². The molecular weight excluding hydrogens is 313 g/mol. The molecule has 1 fully saturated rings. The first kappa shape index (κ1) is 17.8. The maximum Gasteiger partial charge on any atom is 0.187 e. The summed E-state index contributed by atoms with van der Waals surface area (Å²) in [5, 5.41) is 8.01. The smallest absolute Gasteiger partial charge is 0.187 e. The molecule has 126 valence electrons. The Morgan fingerprint density at radius 2 is 2.17 bits per heavy atom. The van der Waals surface area contributed by atoms with Crippen LogP contribution in [-0.2, 0) is 4.74 Å². The Bertz CT molecular complexity index is 527. The highest BCUT2D eigenvalue weighted by Gasteiger charge is 2.15. The molecule has 0 aromatic heterocycles. The van der Waals surface area contributed by atoms with Gasteiger partial charge in [0.25, 0.3) is 0 Å². The minimum atomic E-state index is -0.245. The van der Waals surface area contributed by atoms with Gasteiger partial charge < -0.3 is 10.1 Å². The number of nitrogens with zero attached hydrogens (tertiary/aromatic N) is 1. The quantitative estimate of drug-likeness (QED) is 0.455. The van der Waals surface area contributed by atoms with Crippen molar-refractivity contribution in [2.75, 3.05) is 13.2 Å². The van der Waals surface area contributed by atoms with Gasteiger partial charge in [0, 0.05) is 13.2 Å².